The first kappa shape index (κ1) is 20.7. The predicted molar refractivity (Wildman–Crippen MR) is 107 cm³/mol. The van der Waals surface area contributed by atoms with Crippen molar-refractivity contribution in [2.24, 2.45) is 5.92 Å². The number of amides is 1. The van der Waals surface area contributed by atoms with E-state index in [1.807, 2.05) is 30.3 Å². The number of halogens is 2. The molecule has 0 unspecified atom stereocenters. The third-order valence-electron chi connectivity index (χ3n) is 4.57. The van der Waals surface area contributed by atoms with Crippen LogP contribution in [0.1, 0.15) is 44.2 Å². The van der Waals surface area contributed by atoms with Crippen LogP contribution in [0, 0.1) is 17.6 Å². The first-order valence-corrected chi connectivity index (χ1v) is 9.67. The zero-order valence-electron chi connectivity index (χ0n) is 16.5. The summed E-state index contributed by atoms with van der Waals surface area (Å²) < 4.78 is 33.2. The van der Waals surface area contributed by atoms with Gasteiger partial charge < -0.3 is 9.73 Å². The van der Waals surface area contributed by atoms with Crippen molar-refractivity contribution in [3.05, 3.63) is 77.8 Å². The van der Waals surface area contributed by atoms with E-state index in [2.05, 4.69) is 24.1 Å². The molecule has 0 aliphatic carbocycles. The van der Waals surface area contributed by atoms with Gasteiger partial charge >= 0.3 is 0 Å². The minimum atomic E-state index is -0.718. The Morgan fingerprint density at radius 3 is 2.41 bits per heavy atom. The Labute approximate surface area is 169 Å². The molecule has 0 aliphatic rings. The fourth-order valence-electron chi connectivity index (χ4n) is 3.20. The minimum Gasteiger partial charge on any atom is -0.441 e. The minimum absolute atomic E-state index is 0.0120. The van der Waals surface area contributed by atoms with Crippen LogP contribution in [-0.2, 0) is 11.2 Å². The summed E-state index contributed by atoms with van der Waals surface area (Å²) in [7, 11) is 0. The Balaban J connectivity index is 1.62. The zero-order chi connectivity index (χ0) is 20.8. The van der Waals surface area contributed by atoms with Crippen molar-refractivity contribution in [2.45, 2.75) is 39.2 Å². The number of carbonyl (C=O) groups excluding carboxylic acids is 1. The molecule has 0 aliphatic heterocycles. The maximum atomic E-state index is 13.9. The molecule has 3 aromatic rings. The van der Waals surface area contributed by atoms with E-state index in [0.29, 0.717) is 5.92 Å². The zero-order valence-corrected chi connectivity index (χ0v) is 16.5. The van der Waals surface area contributed by atoms with E-state index >= 15 is 0 Å². The third kappa shape index (κ3) is 5.50. The highest BCUT2D eigenvalue weighted by molar-refractivity contribution is 5.76. The number of rotatable bonds is 8. The van der Waals surface area contributed by atoms with Gasteiger partial charge in [0.2, 0.25) is 5.91 Å². The van der Waals surface area contributed by atoms with Gasteiger partial charge in [0.1, 0.15) is 11.6 Å². The maximum absolute atomic E-state index is 13.9. The van der Waals surface area contributed by atoms with E-state index in [4.69, 9.17) is 4.42 Å². The summed E-state index contributed by atoms with van der Waals surface area (Å²) >= 11 is 0. The number of carbonyl (C=O) groups is 1. The third-order valence-corrected chi connectivity index (χ3v) is 4.57. The molecule has 152 valence electrons. The second-order valence-electron chi connectivity index (χ2n) is 7.38. The van der Waals surface area contributed by atoms with Gasteiger partial charge in [0.15, 0.2) is 11.7 Å². The molecule has 0 saturated heterocycles. The van der Waals surface area contributed by atoms with Crippen molar-refractivity contribution in [1.82, 2.24) is 10.3 Å². The number of aryl methyl sites for hydroxylation is 1. The van der Waals surface area contributed by atoms with E-state index in [-0.39, 0.29) is 42.0 Å². The molecule has 0 saturated carbocycles. The molecule has 0 spiro atoms. The molecule has 1 amide bonds. The van der Waals surface area contributed by atoms with Crippen LogP contribution >= 0.6 is 0 Å². The van der Waals surface area contributed by atoms with Gasteiger partial charge in [0.25, 0.3) is 0 Å². The largest absolute Gasteiger partial charge is 0.441 e. The molecule has 29 heavy (non-hydrogen) atoms. The van der Waals surface area contributed by atoms with E-state index in [1.54, 1.807) is 0 Å². The van der Waals surface area contributed by atoms with Crippen molar-refractivity contribution in [3.8, 4) is 11.3 Å². The van der Waals surface area contributed by atoms with Crippen LogP contribution in [0.15, 0.2) is 59.1 Å². The van der Waals surface area contributed by atoms with Crippen LogP contribution in [-0.4, -0.2) is 10.9 Å². The average molecular weight is 398 g/mol. The first-order chi connectivity index (χ1) is 13.9. The number of nitrogens with one attached hydrogen (secondary N) is 1. The topological polar surface area (TPSA) is 55.1 Å². The van der Waals surface area contributed by atoms with Crippen molar-refractivity contribution < 1.29 is 18.0 Å². The summed E-state index contributed by atoms with van der Waals surface area (Å²) in [5.74, 6) is -0.868. The van der Waals surface area contributed by atoms with Crippen molar-refractivity contribution in [1.29, 1.82) is 0 Å². The van der Waals surface area contributed by atoms with E-state index in [0.717, 1.165) is 24.1 Å². The second-order valence-corrected chi connectivity index (χ2v) is 7.38. The van der Waals surface area contributed by atoms with Crippen LogP contribution in [0.5, 0.6) is 0 Å². The van der Waals surface area contributed by atoms with E-state index in [9.17, 15) is 13.6 Å². The molecule has 3 rings (SSSR count). The summed E-state index contributed by atoms with van der Waals surface area (Å²) in [6, 6.07) is 13.4. The second kappa shape index (κ2) is 9.45. The number of hydrogen-bond donors (Lipinski definition) is 1. The quantitative estimate of drug-likeness (QED) is 0.548. The Hall–Kier alpha value is -3.02. The predicted octanol–water partition coefficient (Wildman–Crippen LogP) is 5.46. The molecule has 1 heterocycles. The van der Waals surface area contributed by atoms with Crippen molar-refractivity contribution in [3.63, 3.8) is 0 Å². The lowest BCUT2D eigenvalue weighted by atomic mass is 9.97. The Kier molecular flexibility index (Phi) is 6.75. The molecule has 0 fully saturated rings. The molecule has 1 aromatic heterocycles. The van der Waals surface area contributed by atoms with Crippen molar-refractivity contribution >= 4 is 5.91 Å². The van der Waals surface area contributed by atoms with Gasteiger partial charge in [-0.3, -0.25) is 4.79 Å². The number of benzene rings is 2. The summed E-state index contributed by atoms with van der Waals surface area (Å²) in [6.45, 7) is 4.22. The lowest BCUT2D eigenvalue weighted by Gasteiger charge is -2.21. The van der Waals surface area contributed by atoms with Gasteiger partial charge in [-0.2, -0.15) is 0 Å². The highest BCUT2D eigenvalue weighted by atomic mass is 19.1. The Morgan fingerprint density at radius 1 is 1.07 bits per heavy atom. The summed E-state index contributed by atoms with van der Waals surface area (Å²) in [5.41, 5.74) is 0.805. The van der Waals surface area contributed by atoms with Gasteiger partial charge in [-0.15, -0.1) is 0 Å². The van der Waals surface area contributed by atoms with Crippen LogP contribution in [0.3, 0.4) is 0 Å². The highest BCUT2D eigenvalue weighted by Gasteiger charge is 2.18. The number of aromatic nitrogens is 1. The molecule has 1 atom stereocenters. The molecular weight excluding hydrogens is 374 g/mol. The fraction of sp³-hybridized carbons (Fsp3) is 0.304. The smallest absolute Gasteiger partial charge is 0.220 e. The van der Waals surface area contributed by atoms with Gasteiger partial charge in [0, 0.05) is 12.8 Å². The first-order valence-electron chi connectivity index (χ1n) is 9.67. The van der Waals surface area contributed by atoms with Crippen molar-refractivity contribution in [2.75, 3.05) is 0 Å². The summed E-state index contributed by atoms with van der Waals surface area (Å²) in [5, 5.41) is 3.06. The molecule has 0 bridgehead atoms. The van der Waals surface area contributed by atoms with Crippen LogP contribution in [0.4, 0.5) is 8.78 Å². The summed E-state index contributed by atoms with van der Waals surface area (Å²) in [6.07, 6.45) is 2.51. The molecule has 4 nitrogen and oxygen atoms in total. The molecule has 2 aromatic carbocycles. The number of oxazole rings is 1. The molecule has 0 radical (unpaired) electrons. The lowest BCUT2D eigenvalue weighted by molar-refractivity contribution is -0.122. The van der Waals surface area contributed by atoms with Gasteiger partial charge in [-0.1, -0.05) is 50.2 Å². The number of nitrogens with zero attached hydrogens (tertiary/aromatic N) is 1. The monoisotopic (exact) mass is 398 g/mol. The molecule has 1 N–H and O–H groups in total. The maximum Gasteiger partial charge on any atom is 0.220 e. The molecular formula is C23H24F2N2O2. The fourth-order valence-corrected chi connectivity index (χ4v) is 3.20. The van der Waals surface area contributed by atoms with Gasteiger partial charge in [0.05, 0.1) is 17.8 Å². The molecule has 6 heteroatoms. The normalized spacial score (nSPS) is 12.2. The SMILES string of the molecule is CC(C)C[C@H](NC(=O)CCc1ncc(-c2c(F)cccc2F)o1)c1ccccc1. The van der Waals surface area contributed by atoms with Gasteiger partial charge in [-0.25, -0.2) is 13.8 Å². The average Bonchev–Trinajstić information content (AvgIpc) is 3.15. The number of hydrogen-bond acceptors (Lipinski definition) is 3. The van der Waals surface area contributed by atoms with Crippen LogP contribution in [0.25, 0.3) is 11.3 Å². The Morgan fingerprint density at radius 2 is 1.76 bits per heavy atom. The van der Waals surface area contributed by atoms with E-state index < -0.39 is 11.6 Å². The van der Waals surface area contributed by atoms with E-state index in [1.165, 1.54) is 12.3 Å². The van der Waals surface area contributed by atoms with Crippen LogP contribution in [0.2, 0.25) is 0 Å². The van der Waals surface area contributed by atoms with Crippen LogP contribution < -0.4 is 5.32 Å². The Bertz CT molecular complexity index is 934. The highest BCUT2D eigenvalue weighted by Crippen LogP contribution is 2.27. The lowest BCUT2D eigenvalue weighted by Crippen LogP contribution is -2.29. The van der Waals surface area contributed by atoms with Gasteiger partial charge in [-0.05, 0) is 30.0 Å². The summed E-state index contributed by atoms with van der Waals surface area (Å²) in [4.78, 5) is 16.5. The standard InChI is InChI=1S/C23H24F2N2O2/c1-15(2)13-19(16-7-4-3-5-8-16)27-21(28)11-12-22-26-14-20(29-22)23-17(24)9-6-10-18(23)25/h3-10,14-15,19H,11-13H2,1-2H3,(H,27,28)/t19-/m0/s1.